The monoisotopic (exact) mass is 291 g/mol. The van der Waals surface area contributed by atoms with Gasteiger partial charge in [0.05, 0.1) is 11.3 Å². The van der Waals surface area contributed by atoms with Crippen LogP contribution in [0.5, 0.6) is 0 Å². The number of piperazine rings is 1. The van der Waals surface area contributed by atoms with Crippen molar-refractivity contribution in [3.63, 3.8) is 0 Å². The van der Waals surface area contributed by atoms with Gasteiger partial charge >= 0.3 is 0 Å². The Labute approximate surface area is 122 Å². The lowest BCUT2D eigenvalue weighted by molar-refractivity contribution is -0.385. The minimum atomic E-state index is -0.497. The van der Waals surface area contributed by atoms with Crippen molar-refractivity contribution in [2.24, 2.45) is 0 Å². The quantitative estimate of drug-likeness (QED) is 0.658. The number of nitro groups is 1. The van der Waals surface area contributed by atoms with Crippen LogP contribution in [-0.2, 0) is 16.0 Å². The molecule has 1 saturated heterocycles. The van der Waals surface area contributed by atoms with Crippen LogP contribution in [0.4, 0.5) is 5.69 Å². The molecule has 2 rings (SSSR count). The SMILES string of the molecule is CCC1C(=O)NCCN1C(=O)Cc1ccccc1[N+](=O)[O-]. The number of rotatable bonds is 4. The summed E-state index contributed by atoms with van der Waals surface area (Å²) < 4.78 is 0. The van der Waals surface area contributed by atoms with E-state index >= 15 is 0 Å². The van der Waals surface area contributed by atoms with E-state index in [1.165, 1.54) is 11.0 Å². The topological polar surface area (TPSA) is 92.6 Å². The van der Waals surface area contributed by atoms with Crippen LogP contribution < -0.4 is 5.32 Å². The molecule has 1 atom stereocenters. The second-order valence-corrected chi connectivity index (χ2v) is 4.86. The molecule has 0 radical (unpaired) electrons. The molecule has 1 aromatic carbocycles. The van der Waals surface area contributed by atoms with Gasteiger partial charge in [0.1, 0.15) is 6.04 Å². The van der Waals surface area contributed by atoms with Gasteiger partial charge < -0.3 is 10.2 Å². The Balaban J connectivity index is 2.18. The van der Waals surface area contributed by atoms with Crippen LogP contribution in [0.15, 0.2) is 24.3 Å². The van der Waals surface area contributed by atoms with Crippen molar-refractivity contribution in [2.45, 2.75) is 25.8 Å². The molecule has 1 aliphatic heterocycles. The average Bonchev–Trinajstić information content (AvgIpc) is 2.47. The molecule has 0 spiro atoms. The van der Waals surface area contributed by atoms with Crippen molar-refractivity contribution in [1.82, 2.24) is 10.2 Å². The third-order valence-electron chi connectivity index (χ3n) is 3.57. The van der Waals surface area contributed by atoms with Crippen LogP contribution in [0.1, 0.15) is 18.9 Å². The summed E-state index contributed by atoms with van der Waals surface area (Å²) >= 11 is 0. The summed E-state index contributed by atoms with van der Waals surface area (Å²) in [6, 6.07) is 5.68. The molecule has 21 heavy (non-hydrogen) atoms. The van der Waals surface area contributed by atoms with Crippen LogP contribution in [0.25, 0.3) is 0 Å². The second-order valence-electron chi connectivity index (χ2n) is 4.86. The maximum atomic E-state index is 12.4. The van der Waals surface area contributed by atoms with Crippen molar-refractivity contribution < 1.29 is 14.5 Å². The molecular formula is C14H17N3O4. The predicted octanol–water partition coefficient (Wildman–Crippen LogP) is 0.874. The summed E-state index contributed by atoms with van der Waals surface area (Å²) in [6.07, 6.45) is 0.454. The molecule has 1 aliphatic rings. The van der Waals surface area contributed by atoms with Gasteiger partial charge in [-0.1, -0.05) is 25.1 Å². The summed E-state index contributed by atoms with van der Waals surface area (Å²) in [5, 5.41) is 13.7. The second kappa shape index (κ2) is 6.34. The van der Waals surface area contributed by atoms with Crippen molar-refractivity contribution in [3.05, 3.63) is 39.9 Å². The number of amides is 2. The molecule has 1 fully saturated rings. The smallest absolute Gasteiger partial charge is 0.273 e. The Kier molecular flexibility index (Phi) is 4.52. The molecule has 1 aromatic rings. The molecule has 1 N–H and O–H groups in total. The zero-order chi connectivity index (χ0) is 15.4. The van der Waals surface area contributed by atoms with Crippen molar-refractivity contribution in [2.75, 3.05) is 13.1 Å². The third kappa shape index (κ3) is 3.18. The van der Waals surface area contributed by atoms with E-state index in [1.54, 1.807) is 18.2 Å². The van der Waals surface area contributed by atoms with Crippen molar-refractivity contribution in [3.8, 4) is 0 Å². The summed E-state index contributed by atoms with van der Waals surface area (Å²) in [7, 11) is 0. The number of benzene rings is 1. The van der Waals surface area contributed by atoms with Gasteiger partial charge in [0, 0.05) is 24.7 Å². The van der Waals surface area contributed by atoms with Crippen molar-refractivity contribution >= 4 is 17.5 Å². The highest BCUT2D eigenvalue weighted by Gasteiger charge is 2.32. The maximum absolute atomic E-state index is 12.4. The zero-order valence-electron chi connectivity index (χ0n) is 11.7. The molecular weight excluding hydrogens is 274 g/mol. The fourth-order valence-corrected chi connectivity index (χ4v) is 2.52. The molecule has 0 aromatic heterocycles. The van der Waals surface area contributed by atoms with E-state index in [4.69, 9.17) is 0 Å². The van der Waals surface area contributed by atoms with Crippen molar-refractivity contribution in [1.29, 1.82) is 0 Å². The fraction of sp³-hybridized carbons (Fsp3) is 0.429. The van der Waals surface area contributed by atoms with Gasteiger partial charge in [-0.05, 0) is 6.42 Å². The van der Waals surface area contributed by atoms with Gasteiger partial charge in [0.25, 0.3) is 5.69 Å². The van der Waals surface area contributed by atoms with Gasteiger partial charge in [-0.3, -0.25) is 19.7 Å². The van der Waals surface area contributed by atoms with E-state index in [2.05, 4.69) is 5.32 Å². The van der Waals surface area contributed by atoms with Gasteiger partial charge in [-0.15, -0.1) is 0 Å². The summed E-state index contributed by atoms with van der Waals surface area (Å²) in [5.74, 6) is -0.425. The molecule has 2 amide bonds. The first-order valence-electron chi connectivity index (χ1n) is 6.84. The first-order valence-corrected chi connectivity index (χ1v) is 6.84. The van der Waals surface area contributed by atoms with E-state index in [-0.39, 0.29) is 23.9 Å². The number of carbonyl (C=O) groups is 2. The Morgan fingerprint density at radius 2 is 2.19 bits per heavy atom. The Hall–Kier alpha value is -2.44. The zero-order valence-corrected chi connectivity index (χ0v) is 11.7. The standard InChI is InChI=1S/C14H17N3O4/c1-2-11-14(19)15-7-8-16(11)13(18)9-10-5-3-4-6-12(10)17(20)21/h3-6,11H,2,7-9H2,1H3,(H,15,19). The molecule has 7 heteroatoms. The van der Waals surface area contributed by atoms with Crippen LogP contribution in [-0.4, -0.2) is 40.8 Å². The Morgan fingerprint density at radius 3 is 2.86 bits per heavy atom. The number of hydrogen-bond acceptors (Lipinski definition) is 4. The van der Waals surface area contributed by atoms with Gasteiger partial charge in [-0.25, -0.2) is 0 Å². The molecule has 0 aliphatic carbocycles. The third-order valence-corrected chi connectivity index (χ3v) is 3.57. The lowest BCUT2D eigenvalue weighted by atomic mass is 10.1. The minimum absolute atomic E-state index is 0.0685. The lowest BCUT2D eigenvalue weighted by Crippen LogP contribution is -2.57. The Morgan fingerprint density at radius 1 is 1.48 bits per heavy atom. The van der Waals surface area contributed by atoms with Gasteiger partial charge in [0.15, 0.2) is 0 Å². The molecule has 112 valence electrons. The van der Waals surface area contributed by atoms with Crippen LogP contribution in [0.2, 0.25) is 0 Å². The number of nitro benzene ring substituents is 1. The largest absolute Gasteiger partial charge is 0.353 e. The molecule has 1 unspecified atom stereocenters. The number of nitrogens with zero attached hydrogens (tertiary/aromatic N) is 2. The summed E-state index contributed by atoms with van der Waals surface area (Å²) in [6.45, 7) is 2.68. The molecule has 0 bridgehead atoms. The van der Waals surface area contributed by atoms with Gasteiger partial charge in [0.2, 0.25) is 11.8 Å². The first kappa shape index (κ1) is 15.0. The molecule has 7 nitrogen and oxygen atoms in total. The van der Waals surface area contributed by atoms with E-state index in [9.17, 15) is 19.7 Å². The predicted molar refractivity (Wildman–Crippen MR) is 75.6 cm³/mol. The number of para-hydroxylation sites is 1. The lowest BCUT2D eigenvalue weighted by Gasteiger charge is -2.34. The number of carbonyl (C=O) groups excluding carboxylic acids is 2. The summed E-state index contributed by atoms with van der Waals surface area (Å²) in [4.78, 5) is 36.1. The average molecular weight is 291 g/mol. The van der Waals surface area contributed by atoms with Crippen LogP contribution in [0.3, 0.4) is 0 Å². The first-order chi connectivity index (χ1) is 10.0. The normalized spacial score (nSPS) is 18.2. The van der Waals surface area contributed by atoms with Crippen LogP contribution >= 0.6 is 0 Å². The van der Waals surface area contributed by atoms with E-state index in [0.29, 0.717) is 25.1 Å². The fourth-order valence-electron chi connectivity index (χ4n) is 2.52. The highest BCUT2D eigenvalue weighted by molar-refractivity contribution is 5.89. The van der Waals surface area contributed by atoms with Crippen LogP contribution in [0, 0.1) is 10.1 Å². The maximum Gasteiger partial charge on any atom is 0.273 e. The van der Waals surface area contributed by atoms with E-state index in [0.717, 1.165) is 0 Å². The highest BCUT2D eigenvalue weighted by Crippen LogP contribution is 2.20. The molecule has 1 heterocycles. The molecule has 0 saturated carbocycles. The number of hydrogen-bond donors (Lipinski definition) is 1. The summed E-state index contributed by atoms with van der Waals surface area (Å²) in [5.41, 5.74) is 0.300. The highest BCUT2D eigenvalue weighted by atomic mass is 16.6. The van der Waals surface area contributed by atoms with Gasteiger partial charge in [-0.2, -0.15) is 0 Å². The minimum Gasteiger partial charge on any atom is -0.353 e. The Bertz CT molecular complexity index is 573. The number of nitrogens with one attached hydrogen (secondary N) is 1. The van der Waals surface area contributed by atoms with E-state index in [1.807, 2.05) is 6.92 Å². The van der Waals surface area contributed by atoms with E-state index < -0.39 is 11.0 Å².